The molecule has 1 saturated carbocycles. The van der Waals surface area contributed by atoms with Crippen LogP contribution in [0.15, 0.2) is 48.5 Å². The number of nitrogens with zero attached hydrogens (tertiary/aromatic N) is 1. The molecule has 1 aliphatic heterocycles. The van der Waals surface area contributed by atoms with Crippen LogP contribution in [0, 0.1) is 5.82 Å². The number of halogens is 1. The molecule has 0 aromatic heterocycles. The minimum absolute atomic E-state index is 0.319. The number of benzene rings is 2. The Bertz CT molecular complexity index is 853. The van der Waals surface area contributed by atoms with Crippen LogP contribution >= 0.6 is 0 Å². The smallest absolute Gasteiger partial charge is 0.262 e. The number of nitrogens with one attached hydrogen (secondary N) is 1. The van der Waals surface area contributed by atoms with E-state index in [-0.39, 0.29) is 12.4 Å². The van der Waals surface area contributed by atoms with E-state index >= 15 is 0 Å². The second-order valence-electron chi connectivity index (χ2n) is 6.38. The first-order valence-electron chi connectivity index (χ1n) is 8.02. The molecule has 0 radical (unpaired) electrons. The van der Waals surface area contributed by atoms with Crippen LogP contribution in [0.5, 0.6) is 0 Å². The minimum Gasteiger partial charge on any atom is -0.345 e. The average molecular weight is 338 g/mol. The van der Waals surface area contributed by atoms with Gasteiger partial charge < -0.3 is 5.32 Å². The maximum Gasteiger partial charge on any atom is 0.262 e. The van der Waals surface area contributed by atoms with E-state index in [2.05, 4.69) is 5.32 Å². The summed E-state index contributed by atoms with van der Waals surface area (Å²) < 4.78 is 13.1. The lowest BCUT2D eigenvalue weighted by Gasteiger charge is -2.20. The first-order chi connectivity index (χ1) is 12.0. The minimum atomic E-state index is -0.524. The summed E-state index contributed by atoms with van der Waals surface area (Å²) in [5.74, 6) is -1.65. The molecule has 1 N–H and O–H groups in total. The van der Waals surface area contributed by atoms with Crippen molar-refractivity contribution < 1.29 is 18.8 Å². The molecule has 0 saturated heterocycles. The Morgan fingerprint density at radius 1 is 1.00 bits per heavy atom. The first kappa shape index (κ1) is 15.5. The summed E-state index contributed by atoms with van der Waals surface area (Å²) in [5, 5.41) is 2.89. The van der Waals surface area contributed by atoms with Crippen LogP contribution in [0.25, 0.3) is 0 Å². The summed E-state index contributed by atoms with van der Waals surface area (Å²) in [5.41, 5.74) is 0.938. The number of amides is 3. The Morgan fingerprint density at radius 2 is 1.56 bits per heavy atom. The molecule has 1 fully saturated rings. The van der Waals surface area contributed by atoms with Gasteiger partial charge in [0.1, 0.15) is 12.4 Å². The van der Waals surface area contributed by atoms with E-state index in [0.29, 0.717) is 11.1 Å². The molecule has 6 heteroatoms. The highest BCUT2D eigenvalue weighted by atomic mass is 19.1. The van der Waals surface area contributed by atoms with Crippen molar-refractivity contribution in [3.05, 3.63) is 71.0 Å². The Labute approximate surface area is 143 Å². The van der Waals surface area contributed by atoms with Crippen molar-refractivity contribution in [2.75, 3.05) is 6.54 Å². The van der Waals surface area contributed by atoms with Crippen molar-refractivity contribution in [1.82, 2.24) is 10.2 Å². The predicted molar refractivity (Wildman–Crippen MR) is 87.3 cm³/mol. The lowest BCUT2D eigenvalue weighted by Crippen LogP contribution is -2.44. The third-order valence-corrected chi connectivity index (χ3v) is 4.71. The van der Waals surface area contributed by atoms with Crippen LogP contribution in [0.4, 0.5) is 4.39 Å². The van der Waals surface area contributed by atoms with Crippen molar-refractivity contribution in [3.8, 4) is 0 Å². The molecule has 4 rings (SSSR count). The molecule has 0 unspecified atom stereocenters. The van der Waals surface area contributed by atoms with Gasteiger partial charge in [0.25, 0.3) is 11.8 Å². The van der Waals surface area contributed by atoms with Gasteiger partial charge in [0.05, 0.1) is 16.7 Å². The van der Waals surface area contributed by atoms with Crippen LogP contribution in [-0.4, -0.2) is 29.2 Å². The SMILES string of the molecule is O=C(CN1C(=O)c2ccccc2C1=O)NC1(c2ccc(F)cc2)CC1. The van der Waals surface area contributed by atoms with E-state index in [1.807, 2.05) is 0 Å². The van der Waals surface area contributed by atoms with Gasteiger partial charge in [0.2, 0.25) is 5.91 Å². The van der Waals surface area contributed by atoms with Crippen LogP contribution in [0.1, 0.15) is 39.1 Å². The number of carbonyl (C=O) groups is 3. The molecule has 1 aliphatic carbocycles. The Kier molecular flexibility index (Phi) is 3.42. The topological polar surface area (TPSA) is 66.5 Å². The number of hydrogen-bond donors (Lipinski definition) is 1. The zero-order chi connectivity index (χ0) is 17.6. The lowest BCUT2D eigenvalue weighted by atomic mass is 10.0. The zero-order valence-electron chi connectivity index (χ0n) is 13.3. The van der Waals surface area contributed by atoms with Crippen molar-refractivity contribution in [2.45, 2.75) is 18.4 Å². The summed E-state index contributed by atoms with van der Waals surface area (Å²) in [6.45, 7) is -0.324. The summed E-state index contributed by atoms with van der Waals surface area (Å²) in [6.07, 6.45) is 1.49. The Hall–Kier alpha value is -3.02. The first-order valence-corrected chi connectivity index (χ1v) is 8.02. The van der Waals surface area contributed by atoms with E-state index in [0.717, 1.165) is 23.3 Å². The third kappa shape index (κ3) is 2.59. The highest BCUT2D eigenvalue weighted by Crippen LogP contribution is 2.45. The standard InChI is InChI=1S/C19H15FN2O3/c20-13-7-5-12(6-8-13)19(9-10-19)21-16(23)11-22-17(24)14-3-1-2-4-15(14)18(22)25/h1-8H,9-11H2,(H,21,23). The van der Waals surface area contributed by atoms with E-state index in [1.165, 1.54) is 12.1 Å². The molecular weight excluding hydrogens is 323 g/mol. The number of fused-ring (bicyclic) bond motifs is 1. The molecule has 126 valence electrons. The van der Waals surface area contributed by atoms with Crippen molar-refractivity contribution in [1.29, 1.82) is 0 Å². The maximum absolute atomic E-state index is 13.1. The molecule has 0 atom stereocenters. The van der Waals surface area contributed by atoms with Gasteiger partial charge in [-0.25, -0.2) is 4.39 Å². The molecule has 2 aromatic carbocycles. The van der Waals surface area contributed by atoms with Gasteiger partial charge in [0, 0.05) is 0 Å². The summed E-state index contributed by atoms with van der Waals surface area (Å²) in [7, 11) is 0. The monoisotopic (exact) mass is 338 g/mol. The Morgan fingerprint density at radius 3 is 2.08 bits per heavy atom. The summed E-state index contributed by atoms with van der Waals surface area (Å²) in [4.78, 5) is 38.0. The molecule has 3 amide bonds. The van der Waals surface area contributed by atoms with Crippen LogP contribution in [0.2, 0.25) is 0 Å². The van der Waals surface area contributed by atoms with Crippen LogP contribution in [0.3, 0.4) is 0 Å². The lowest BCUT2D eigenvalue weighted by molar-refractivity contribution is -0.122. The van der Waals surface area contributed by atoms with Crippen molar-refractivity contribution >= 4 is 17.7 Å². The van der Waals surface area contributed by atoms with Gasteiger partial charge in [-0.15, -0.1) is 0 Å². The number of hydrogen-bond acceptors (Lipinski definition) is 3. The zero-order valence-corrected chi connectivity index (χ0v) is 13.3. The normalized spacial score (nSPS) is 17.4. The van der Waals surface area contributed by atoms with E-state index < -0.39 is 23.3 Å². The fourth-order valence-corrected chi connectivity index (χ4v) is 3.21. The third-order valence-electron chi connectivity index (χ3n) is 4.71. The highest BCUT2D eigenvalue weighted by molar-refractivity contribution is 6.22. The van der Waals surface area contributed by atoms with Gasteiger partial charge in [0.15, 0.2) is 0 Å². The van der Waals surface area contributed by atoms with Crippen molar-refractivity contribution in [2.24, 2.45) is 0 Å². The van der Waals surface area contributed by atoms with Gasteiger partial charge in [-0.3, -0.25) is 19.3 Å². The van der Waals surface area contributed by atoms with Crippen LogP contribution < -0.4 is 5.32 Å². The fraction of sp³-hybridized carbons (Fsp3) is 0.211. The molecule has 0 bridgehead atoms. The largest absolute Gasteiger partial charge is 0.345 e. The molecule has 2 aliphatic rings. The quantitative estimate of drug-likeness (QED) is 0.870. The molecule has 5 nitrogen and oxygen atoms in total. The number of rotatable bonds is 4. The molecular formula is C19H15FN2O3. The van der Waals surface area contributed by atoms with E-state index in [9.17, 15) is 18.8 Å². The average Bonchev–Trinajstić information content (AvgIpc) is 3.35. The van der Waals surface area contributed by atoms with Gasteiger partial charge >= 0.3 is 0 Å². The second-order valence-corrected chi connectivity index (χ2v) is 6.38. The number of carbonyl (C=O) groups excluding carboxylic acids is 3. The van der Waals surface area contributed by atoms with Gasteiger partial charge in [-0.2, -0.15) is 0 Å². The molecule has 2 aromatic rings. The van der Waals surface area contributed by atoms with Crippen molar-refractivity contribution in [3.63, 3.8) is 0 Å². The molecule has 1 heterocycles. The molecule has 0 spiro atoms. The van der Waals surface area contributed by atoms with Gasteiger partial charge in [-0.1, -0.05) is 24.3 Å². The van der Waals surface area contributed by atoms with Gasteiger partial charge in [-0.05, 0) is 42.7 Å². The fourth-order valence-electron chi connectivity index (χ4n) is 3.21. The van der Waals surface area contributed by atoms with E-state index in [4.69, 9.17) is 0 Å². The summed E-state index contributed by atoms with van der Waals surface area (Å²) >= 11 is 0. The predicted octanol–water partition coefficient (Wildman–Crippen LogP) is 2.23. The van der Waals surface area contributed by atoms with Crippen LogP contribution in [-0.2, 0) is 10.3 Å². The summed E-state index contributed by atoms with van der Waals surface area (Å²) in [6, 6.07) is 12.5. The molecule has 25 heavy (non-hydrogen) atoms. The highest BCUT2D eigenvalue weighted by Gasteiger charge is 2.46. The van der Waals surface area contributed by atoms with E-state index in [1.54, 1.807) is 36.4 Å². The Balaban J connectivity index is 1.48. The second kappa shape index (κ2) is 5.51. The number of imide groups is 1. The maximum atomic E-state index is 13.1.